The lowest BCUT2D eigenvalue weighted by molar-refractivity contribution is 0.421. The number of anilines is 1. The fourth-order valence-electron chi connectivity index (χ4n) is 2.36. The van der Waals surface area contributed by atoms with Gasteiger partial charge in [0.15, 0.2) is 0 Å². The summed E-state index contributed by atoms with van der Waals surface area (Å²) < 4.78 is 5.58. The molecule has 0 bridgehead atoms. The lowest BCUT2D eigenvalue weighted by Crippen LogP contribution is -1.95. The summed E-state index contributed by atoms with van der Waals surface area (Å²) in [4.78, 5) is 4.13. The van der Waals surface area contributed by atoms with Crippen LogP contribution in [0.5, 0.6) is 5.75 Å². The third kappa shape index (κ3) is 1.96. The van der Waals surface area contributed by atoms with Crippen molar-refractivity contribution in [2.24, 2.45) is 0 Å². The molecule has 0 spiro atoms. The summed E-state index contributed by atoms with van der Waals surface area (Å²) in [5.74, 6) is 0.716. The average molecular weight is 285 g/mol. The molecule has 1 aromatic heterocycles. The Morgan fingerprint density at radius 3 is 2.70 bits per heavy atom. The van der Waals surface area contributed by atoms with Crippen LogP contribution in [0.3, 0.4) is 0 Å². The van der Waals surface area contributed by atoms with Gasteiger partial charge >= 0.3 is 0 Å². The molecule has 0 saturated carbocycles. The molecule has 2 aromatic carbocycles. The minimum absolute atomic E-state index is 0.656. The second kappa shape index (κ2) is 5.02. The first-order chi connectivity index (χ1) is 9.72. The summed E-state index contributed by atoms with van der Waals surface area (Å²) in [6.45, 7) is 0. The Bertz CT molecular complexity index is 787. The lowest BCUT2D eigenvalue weighted by Gasteiger charge is -2.14. The van der Waals surface area contributed by atoms with Crippen molar-refractivity contribution in [2.75, 3.05) is 12.8 Å². The van der Waals surface area contributed by atoms with Crippen molar-refractivity contribution in [1.29, 1.82) is 0 Å². The first-order valence-electron chi connectivity index (χ1n) is 6.17. The molecule has 0 radical (unpaired) electrons. The summed E-state index contributed by atoms with van der Waals surface area (Å²) in [5.41, 5.74) is 8.41. The number of halogens is 1. The molecule has 0 amide bonds. The third-order valence-electron chi connectivity index (χ3n) is 3.30. The van der Waals surface area contributed by atoms with Crippen molar-refractivity contribution < 1.29 is 4.74 Å². The minimum Gasteiger partial charge on any atom is -0.495 e. The van der Waals surface area contributed by atoms with Gasteiger partial charge < -0.3 is 10.5 Å². The van der Waals surface area contributed by atoms with Gasteiger partial charge in [-0.2, -0.15) is 0 Å². The van der Waals surface area contributed by atoms with Crippen LogP contribution in [0.1, 0.15) is 0 Å². The van der Waals surface area contributed by atoms with Gasteiger partial charge in [-0.25, -0.2) is 0 Å². The van der Waals surface area contributed by atoms with Crippen molar-refractivity contribution in [3.8, 4) is 16.9 Å². The Balaban J connectivity index is 2.38. The van der Waals surface area contributed by atoms with E-state index in [9.17, 15) is 0 Å². The van der Waals surface area contributed by atoms with Crippen LogP contribution < -0.4 is 10.5 Å². The van der Waals surface area contributed by atoms with Crippen LogP contribution in [0.25, 0.3) is 21.9 Å². The van der Waals surface area contributed by atoms with Gasteiger partial charge in [-0.1, -0.05) is 29.8 Å². The molecule has 1 heterocycles. The number of fused-ring (bicyclic) bond motifs is 1. The molecule has 0 aliphatic heterocycles. The molecule has 3 aromatic rings. The van der Waals surface area contributed by atoms with E-state index < -0.39 is 0 Å². The highest BCUT2D eigenvalue weighted by Gasteiger charge is 2.14. The molecule has 3 nitrogen and oxygen atoms in total. The largest absolute Gasteiger partial charge is 0.495 e. The highest BCUT2D eigenvalue weighted by atomic mass is 35.5. The van der Waals surface area contributed by atoms with Gasteiger partial charge in [0, 0.05) is 34.6 Å². The summed E-state index contributed by atoms with van der Waals surface area (Å²) in [7, 11) is 1.63. The van der Waals surface area contributed by atoms with E-state index in [2.05, 4.69) is 4.98 Å². The zero-order valence-electron chi connectivity index (χ0n) is 10.9. The van der Waals surface area contributed by atoms with E-state index in [0.717, 1.165) is 21.9 Å². The molecule has 2 N–H and O–H groups in total. The van der Waals surface area contributed by atoms with Gasteiger partial charge in [-0.15, -0.1) is 0 Å². The SMILES string of the molecule is COc1c(-c2cnccc2N)ccc2cccc(Cl)c12. The van der Waals surface area contributed by atoms with Crippen LogP contribution in [-0.2, 0) is 0 Å². The highest BCUT2D eigenvalue weighted by Crippen LogP contribution is 2.41. The second-order valence-electron chi connectivity index (χ2n) is 4.45. The van der Waals surface area contributed by atoms with Gasteiger partial charge in [-0.05, 0) is 23.6 Å². The van der Waals surface area contributed by atoms with Gasteiger partial charge in [0.1, 0.15) is 5.75 Å². The van der Waals surface area contributed by atoms with Gasteiger partial charge in [-0.3, -0.25) is 4.98 Å². The summed E-state index contributed by atoms with van der Waals surface area (Å²) >= 11 is 6.31. The fraction of sp³-hybridized carbons (Fsp3) is 0.0625. The van der Waals surface area contributed by atoms with Crippen LogP contribution in [0.4, 0.5) is 5.69 Å². The molecule has 20 heavy (non-hydrogen) atoms. The molecule has 4 heteroatoms. The van der Waals surface area contributed by atoms with Crippen LogP contribution in [0.15, 0.2) is 48.8 Å². The summed E-state index contributed by atoms with van der Waals surface area (Å²) in [5, 5.41) is 2.57. The van der Waals surface area contributed by atoms with Gasteiger partial charge in [0.25, 0.3) is 0 Å². The summed E-state index contributed by atoms with van der Waals surface area (Å²) in [6.07, 6.45) is 3.40. The number of hydrogen-bond acceptors (Lipinski definition) is 3. The maximum absolute atomic E-state index is 6.31. The smallest absolute Gasteiger partial charge is 0.136 e. The first-order valence-corrected chi connectivity index (χ1v) is 6.55. The molecule has 0 aliphatic carbocycles. The van der Waals surface area contributed by atoms with E-state index in [1.54, 1.807) is 25.6 Å². The average Bonchev–Trinajstić information content (AvgIpc) is 2.47. The molecule has 3 rings (SSSR count). The molecule has 0 aliphatic rings. The standard InChI is InChI=1S/C16H13ClN2O/c1-20-16-11(12-9-19-8-7-14(12)18)6-5-10-3-2-4-13(17)15(10)16/h2-9H,1H3,(H2,18,19). The van der Waals surface area contributed by atoms with Crippen LogP contribution in [-0.4, -0.2) is 12.1 Å². The molecular formula is C16H13ClN2O. The number of rotatable bonds is 2. The predicted molar refractivity (Wildman–Crippen MR) is 83.2 cm³/mol. The second-order valence-corrected chi connectivity index (χ2v) is 4.85. The Labute approximate surface area is 122 Å². The quantitative estimate of drug-likeness (QED) is 0.769. The normalized spacial score (nSPS) is 10.7. The van der Waals surface area contributed by atoms with E-state index in [4.69, 9.17) is 22.1 Å². The van der Waals surface area contributed by atoms with Crippen molar-refractivity contribution in [3.63, 3.8) is 0 Å². The number of ether oxygens (including phenoxy) is 1. The Hall–Kier alpha value is -2.26. The molecule has 0 fully saturated rings. The highest BCUT2D eigenvalue weighted by molar-refractivity contribution is 6.36. The monoisotopic (exact) mass is 284 g/mol. The number of hydrogen-bond donors (Lipinski definition) is 1. The number of pyridine rings is 1. The lowest BCUT2D eigenvalue weighted by atomic mass is 9.99. The number of nitrogens with two attached hydrogens (primary N) is 1. The van der Waals surface area contributed by atoms with Crippen molar-refractivity contribution in [1.82, 2.24) is 4.98 Å². The number of aromatic nitrogens is 1. The maximum Gasteiger partial charge on any atom is 0.136 e. The van der Waals surface area contributed by atoms with E-state index >= 15 is 0 Å². The van der Waals surface area contributed by atoms with Crippen LogP contribution in [0.2, 0.25) is 5.02 Å². The van der Waals surface area contributed by atoms with E-state index in [-0.39, 0.29) is 0 Å². The number of benzene rings is 2. The minimum atomic E-state index is 0.656. The Morgan fingerprint density at radius 2 is 1.95 bits per heavy atom. The van der Waals surface area contributed by atoms with E-state index in [1.165, 1.54) is 0 Å². The number of nitrogen functional groups attached to an aromatic ring is 1. The first kappa shape index (κ1) is 12.8. The van der Waals surface area contributed by atoms with Gasteiger partial charge in [0.05, 0.1) is 12.1 Å². The van der Waals surface area contributed by atoms with E-state index in [0.29, 0.717) is 16.5 Å². The van der Waals surface area contributed by atoms with Crippen molar-refractivity contribution >= 4 is 28.1 Å². The number of methoxy groups -OCH3 is 1. The molecule has 0 unspecified atom stereocenters. The maximum atomic E-state index is 6.31. The topological polar surface area (TPSA) is 48.1 Å². The molecular weight excluding hydrogens is 272 g/mol. The van der Waals surface area contributed by atoms with Crippen LogP contribution in [0, 0.1) is 0 Å². The van der Waals surface area contributed by atoms with Crippen LogP contribution >= 0.6 is 11.6 Å². The van der Waals surface area contributed by atoms with Crippen molar-refractivity contribution in [3.05, 3.63) is 53.8 Å². The predicted octanol–water partition coefficient (Wildman–Crippen LogP) is 4.15. The zero-order valence-corrected chi connectivity index (χ0v) is 11.7. The molecule has 0 atom stereocenters. The van der Waals surface area contributed by atoms with Crippen molar-refractivity contribution in [2.45, 2.75) is 0 Å². The summed E-state index contributed by atoms with van der Waals surface area (Å²) in [6, 6.07) is 11.5. The third-order valence-corrected chi connectivity index (χ3v) is 3.61. The molecule has 0 saturated heterocycles. The zero-order chi connectivity index (χ0) is 14.1. The van der Waals surface area contributed by atoms with Gasteiger partial charge in [0.2, 0.25) is 0 Å². The molecule has 100 valence electrons. The Morgan fingerprint density at radius 1 is 1.10 bits per heavy atom. The number of nitrogens with zero attached hydrogens (tertiary/aromatic N) is 1. The Kier molecular flexibility index (Phi) is 3.20. The fourth-order valence-corrected chi connectivity index (χ4v) is 2.62. The van der Waals surface area contributed by atoms with E-state index in [1.807, 2.05) is 30.3 Å².